The fourth-order valence-corrected chi connectivity index (χ4v) is 1.10. The van der Waals surface area contributed by atoms with Crippen LogP contribution >= 0.6 is 0 Å². The Kier molecular flexibility index (Phi) is 5.35. The van der Waals surface area contributed by atoms with E-state index in [1.807, 2.05) is 0 Å². The summed E-state index contributed by atoms with van der Waals surface area (Å²) in [5.41, 5.74) is 0. The predicted molar refractivity (Wildman–Crippen MR) is 44.6 cm³/mol. The second kappa shape index (κ2) is 5.44. The van der Waals surface area contributed by atoms with Crippen molar-refractivity contribution < 1.29 is 18.6 Å². The highest BCUT2D eigenvalue weighted by Crippen LogP contribution is 2.20. The minimum absolute atomic E-state index is 0.547. The lowest BCUT2D eigenvalue weighted by Gasteiger charge is -2.33. The lowest BCUT2D eigenvalue weighted by Crippen LogP contribution is -2.47. The number of hydrogen-bond donors (Lipinski definition) is 0. The summed E-state index contributed by atoms with van der Waals surface area (Å²) in [5.74, 6) is -1.25. The molecule has 69 valence electrons. The van der Waals surface area contributed by atoms with E-state index in [-0.39, 0.29) is 0 Å². The van der Waals surface area contributed by atoms with E-state index in [1.54, 1.807) is 0 Å². The van der Waals surface area contributed by atoms with Gasteiger partial charge >= 0.3 is 5.97 Å². The van der Waals surface area contributed by atoms with Gasteiger partial charge in [-0.25, -0.2) is 0 Å². The van der Waals surface area contributed by atoms with E-state index in [2.05, 4.69) is 17.1 Å². The maximum Gasteiger partial charge on any atom is 0.312 e. The van der Waals surface area contributed by atoms with Crippen molar-refractivity contribution in [2.24, 2.45) is 0 Å². The molecule has 0 aromatic rings. The number of rotatable bonds is 6. The van der Waals surface area contributed by atoms with Crippen molar-refractivity contribution in [3.63, 3.8) is 0 Å². The first-order chi connectivity index (χ1) is 5.70. The third-order valence-corrected chi connectivity index (χ3v) is 1.80. The van der Waals surface area contributed by atoms with Crippen molar-refractivity contribution in [3.05, 3.63) is 12.7 Å². The van der Waals surface area contributed by atoms with Crippen LogP contribution in [-0.2, 0) is 18.6 Å². The fourth-order valence-electron chi connectivity index (χ4n) is 0.863. The smallest absolute Gasteiger partial charge is 0.312 e. The first-order valence-corrected chi connectivity index (χ1v) is 3.72. The second-order valence-corrected chi connectivity index (χ2v) is 2.23. The van der Waals surface area contributed by atoms with Gasteiger partial charge in [0.05, 0.1) is 0 Å². The number of hydrogen-bond acceptors (Lipinski definition) is 4. The van der Waals surface area contributed by atoms with Crippen LogP contribution in [0.4, 0.5) is 0 Å². The Morgan fingerprint density at radius 3 is 1.75 bits per heavy atom. The van der Waals surface area contributed by atoms with Crippen LogP contribution < -0.4 is 0 Å². The van der Waals surface area contributed by atoms with Crippen LogP contribution in [0.5, 0.6) is 0 Å². The Bertz CT molecular complexity index is 127. The van der Waals surface area contributed by atoms with Crippen LogP contribution in [0.3, 0.4) is 0 Å². The average molecular weight is 189 g/mol. The van der Waals surface area contributed by atoms with Gasteiger partial charge in [-0.2, -0.15) is 0 Å². The van der Waals surface area contributed by atoms with E-state index in [4.69, 9.17) is 18.6 Å². The van der Waals surface area contributed by atoms with E-state index in [9.17, 15) is 0 Å². The molecular weight excluding hydrogens is 176 g/mol. The van der Waals surface area contributed by atoms with Gasteiger partial charge in [0.2, 0.25) is 10.5 Å². The van der Waals surface area contributed by atoms with E-state index in [0.29, 0.717) is 0 Å². The van der Waals surface area contributed by atoms with Gasteiger partial charge in [0, 0.05) is 21.3 Å². The van der Waals surface area contributed by atoms with Crippen LogP contribution in [-0.4, -0.2) is 43.9 Å². The summed E-state index contributed by atoms with van der Waals surface area (Å²) in [6.07, 6.45) is 0.956. The Balaban J connectivity index is 4.53. The lowest BCUT2D eigenvalue weighted by molar-refractivity contribution is -0.376. The number of ether oxygens (including phenoxy) is 3. The summed E-state index contributed by atoms with van der Waals surface area (Å²) < 4.78 is 19.9. The molecule has 0 aliphatic carbocycles. The maximum absolute atomic E-state index is 5.01. The van der Waals surface area contributed by atoms with Crippen LogP contribution in [0.15, 0.2) is 12.7 Å². The second-order valence-electron chi connectivity index (χ2n) is 1.99. The largest absolute Gasteiger partial charge is 0.405 e. The van der Waals surface area contributed by atoms with E-state index >= 15 is 0 Å². The van der Waals surface area contributed by atoms with Gasteiger partial charge in [-0.1, -0.05) is 6.08 Å². The quantitative estimate of drug-likeness (QED) is 0.340. The molecule has 0 saturated heterocycles. The van der Waals surface area contributed by atoms with Crippen molar-refractivity contribution in [2.75, 3.05) is 21.3 Å². The minimum Gasteiger partial charge on any atom is -0.405 e. The van der Waals surface area contributed by atoms with Crippen LogP contribution in [0, 0.1) is 0 Å². The van der Waals surface area contributed by atoms with E-state index < -0.39 is 12.1 Å². The third kappa shape index (κ3) is 2.15. The van der Waals surface area contributed by atoms with Crippen molar-refractivity contribution in [2.45, 2.75) is 12.1 Å². The summed E-state index contributed by atoms with van der Waals surface area (Å²) in [5, 5.41) is 0. The molecule has 0 fully saturated rings. The van der Waals surface area contributed by atoms with E-state index in [1.165, 1.54) is 27.4 Å². The highest BCUT2D eigenvalue weighted by atomic mass is 28.2. The molecule has 1 unspecified atom stereocenters. The van der Waals surface area contributed by atoms with Crippen molar-refractivity contribution >= 4 is 10.5 Å². The summed E-state index contributed by atoms with van der Waals surface area (Å²) in [7, 11) is 7.23. The van der Waals surface area contributed by atoms with Crippen LogP contribution in [0.1, 0.15) is 0 Å². The molecule has 1 atom stereocenters. The molecule has 5 heteroatoms. The summed E-state index contributed by atoms with van der Waals surface area (Å²) in [6, 6.07) is 0. The lowest BCUT2D eigenvalue weighted by atomic mass is 10.3. The topological polar surface area (TPSA) is 36.9 Å². The third-order valence-electron chi connectivity index (χ3n) is 1.54. The molecular formula is C7H13O4Si. The predicted octanol–water partition coefficient (Wildman–Crippen LogP) is 0.234. The molecule has 0 rings (SSSR count). The highest BCUT2D eigenvalue weighted by molar-refractivity contribution is 5.98. The molecule has 0 aromatic heterocycles. The van der Waals surface area contributed by atoms with Crippen molar-refractivity contribution in [1.82, 2.24) is 0 Å². The number of methoxy groups -OCH3 is 3. The SMILES string of the molecule is C=CC(O[Si])C(OC)(OC)OC. The molecule has 0 amide bonds. The van der Waals surface area contributed by atoms with E-state index in [0.717, 1.165) is 0 Å². The zero-order valence-electron chi connectivity index (χ0n) is 7.49. The molecule has 0 aromatic carbocycles. The molecule has 3 radical (unpaired) electrons. The zero-order chi connectivity index (χ0) is 9.61. The normalized spacial score (nSPS) is 14.3. The van der Waals surface area contributed by atoms with Gasteiger partial charge in [-0.3, -0.25) is 0 Å². The molecule has 4 nitrogen and oxygen atoms in total. The molecule has 0 spiro atoms. The van der Waals surface area contributed by atoms with Crippen LogP contribution in [0.25, 0.3) is 0 Å². The molecule has 0 saturated carbocycles. The Labute approximate surface area is 76.0 Å². The first-order valence-electron chi connectivity index (χ1n) is 3.31. The summed E-state index contributed by atoms with van der Waals surface area (Å²) in [6.45, 7) is 3.55. The zero-order valence-corrected chi connectivity index (χ0v) is 8.49. The molecule has 0 aliphatic rings. The van der Waals surface area contributed by atoms with Gasteiger partial charge in [-0.05, 0) is 0 Å². The van der Waals surface area contributed by atoms with Gasteiger partial charge in [0.1, 0.15) is 6.10 Å². The monoisotopic (exact) mass is 189 g/mol. The van der Waals surface area contributed by atoms with Gasteiger partial charge in [-0.15, -0.1) is 6.58 Å². The van der Waals surface area contributed by atoms with Gasteiger partial charge in [0.25, 0.3) is 0 Å². The average Bonchev–Trinajstić information content (AvgIpc) is 2.14. The Hall–Kier alpha value is -0.203. The summed E-state index contributed by atoms with van der Waals surface area (Å²) >= 11 is 0. The molecule has 0 heterocycles. The summed E-state index contributed by atoms with van der Waals surface area (Å²) in [4.78, 5) is 0. The Morgan fingerprint density at radius 2 is 1.67 bits per heavy atom. The van der Waals surface area contributed by atoms with Gasteiger partial charge in [0.15, 0.2) is 0 Å². The molecule has 0 bridgehead atoms. The standard InChI is InChI=1S/C7H13O4Si/c1-5-6(11-12)7(8-2,9-3)10-4/h5-6H,1H2,2-4H3. The Morgan fingerprint density at radius 1 is 1.25 bits per heavy atom. The fraction of sp³-hybridized carbons (Fsp3) is 0.714. The maximum atomic E-state index is 5.01. The highest BCUT2D eigenvalue weighted by Gasteiger charge is 2.38. The minimum atomic E-state index is -1.25. The molecule has 0 aliphatic heterocycles. The van der Waals surface area contributed by atoms with Crippen molar-refractivity contribution in [3.8, 4) is 0 Å². The molecule has 0 N–H and O–H groups in total. The van der Waals surface area contributed by atoms with Gasteiger partial charge < -0.3 is 18.6 Å². The van der Waals surface area contributed by atoms with Crippen molar-refractivity contribution in [1.29, 1.82) is 0 Å². The van der Waals surface area contributed by atoms with Crippen LogP contribution in [0.2, 0.25) is 0 Å². The molecule has 12 heavy (non-hydrogen) atoms. The first kappa shape index (κ1) is 11.8.